The molecular formula is C37H37FN6O4S. The maximum Gasteiger partial charge on any atom is 0.354 e. The topological polar surface area (TPSA) is 111 Å². The number of benzene rings is 3. The molecule has 7 rings (SSSR count). The van der Waals surface area contributed by atoms with E-state index in [0.29, 0.717) is 54.4 Å². The van der Waals surface area contributed by atoms with Crippen LogP contribution in [-0.4, -0.2) is 78.2 Å². The number of halogens is 1. The van der Waals surface area contributed by atoms with Gasteiger partial charge in [0.1, 0.15) is 5.82 Å². The van der Waals surface area contributed by atoms with Crippen molar-refractivity contribution in [3.8, 4) is 5.75 Å². The van der Waals surface area contributed by atoms with Crippen LogP contribution in [0.3, 0.4) is 0 Å². The number of carbonyl (C=O) groups excluding carboxylic acids is 1. The highest BCUT2D eigenvalue weighted by molar-refractivity contribution is 7.22. The van der Waals surface area contributed by atoms with E-state index in [2.05, 4.69) is 32.1 Å². The highest BCUT2D eigenvalue weighted by atomic mass is 32.1. The van der Waals surface area contributed by atoms with Gasteiger partial charge in [0, 0.05) is 56.6 Å². The van der Waals surface area contributed by atoms with E-state index in [-0.39, 0.29) is 24.0 Å². The van der Waals surface area contributed by atoms with Crippen LogP contribution in [0.25, 0.3) is 10.2 Å². The number of aryl methyl sites for hydroxylation is 1. The Morgan fingerprint density at radius 1 is 0.959 bits per heavy atom. The summed E-state index contributed by atoms with van der Waals surface area (Å²) in [6, 6.07) is 22.1. The summed E-state index contributed by atoms with van der Waals surface area (Å²) in [5.41, 5.74) is 4.76. The Balaban J connectivity index is 0.989. The Hall–Kier alpha value is -5.07. The number of fused-ring (bicyclic) bond motifs is 2. The average Bonchev–Trinajstić information content (AvgIpc) is 3.52. The summed E-state index contributed by atoms with van der Waals surface area (Å²) in [4.78, 5) is 41.2. The van der Waals surface area contributed by atoms with E-state index < -0.39 is 11.8 Å². The number of hydrogen-bond donors (Lipinski definition) is 2. The molecule has 12 heteroatoms. The van der Waals surface area contributed by atoms with Gasteiger partial charge in [0.25, 0.3) is 5.91 Å². The van der Waals surface area contributed by atoms with Crippen molar-refractivity contribution in [2.24, 2.45) is 0 Å². The molecular weight excluding hydrogens is 644 g/mol. The first-order valence-electron chi connectivity index (χ1n) is 16.4. The fourth-order valence-corrected chi connectivity index (χ4v) is 7.29. The lowest BCUT2D eigenvalue weighted by atomic mass is 9.94. The summed E-state index contributed by atoms with van der Waals surface area (Å²) in [6.45, 7) is 4.86. The van der Waals surface area contributed by atoms with E-state index in [0.717, 1.165) is 53.2 Å². The van der Waals surface area contributed by atoms with Gasteiger partial charge < -0.3 is 24.5 Å². The predicted octanol–water partition coefficient (Wildman–Crippen LogP) is 6.11. The van der Waals surface area contributed by atoms with Crippen LogP contribution in [0.5, 0.6) is 5.75 Å². The fourth-order valence-electron chi connectivity index (χ4n) is 6.43. The van der Waals surface area contributed by atoms with E-state index in [1.54, 1.807) is 18.2 Å². The molecule has 1 fully saturated rings. The molecule has 0 radical (unpaired) electrons. The molecule has 0 aliphatic carbocycles. The predicted molar refractivity (Wildman–Crippen MR) is 190 cm³/mol. The minimum Gasteiger partial charge on any atom is -0.491 e. The van der Waals surface area contributed by atoms with Crippen LogP contribution in [-0.2, 0) is 19.4 Å². The van der Waals surface area contributed by atoms with Gasteiger partial charge in [0.05, 0.1) is 16.8 Å². The van der Waals surface area contributed by atoms with Gasteiger partial charge in [-0.15, -0.1) is 0 Å². The molecule has 0 spiro atoms. The van der Waals surface area contributed by atoms with E-state index >= 15 is 0 Å². The second-order valence-electron chi connectivity index (χ2n) is 12.4. The molecule has 49 heavy (non-hydrogen) atoms. The SMILES string of the molecule is CN1CCN(c2ccc(OCCCc3ccc(N4CCc5cccc(C(=O)Nc6nc7ccccc7s6)c5C4)nc3C(=O)O)c(F)c2)CC1. The van der Waals surface area contributed by atoms with Crippen molar-refractivity contribution in [2.45, 2.75) is 25.8 Å². The third-order valence-electron chi connectivity index (χ3n) is 9.15. The number of carboxylic acids is 1. The van der Waals surface area contributed by atoms with Gasteiger partial charge in [-0.2, -0.15) is 0 Å². The standard InChI is InChI=1S/C37H37FN6O4S/c1-42-17-19-43(20-18-42)26-12-13-31(29(38)22-26)48-21-5-7-25-11-14-33(40-34(25)36(46)47)44-16-15-24-6-4-8-27(28(24)23-44)35(45)41-37-39-30-9-2-3-10-32(30)49-37/h2-4,6,8-14,22H,5,7,15-21,23H2,1H3,(H,46,47)(H,39,41,45). The number of carboxylic acid groups (broad SMARTS) is 1. The quantitative estimate of drug-likeness (QED) is 0.169. The van der Waals surface area contributed by atoms with Crippen LogP contribution in [0.2, 0.25) is 0 Å². The summed E-state index contributed by atoms with van der Waals surface area (Å²) in [5, 5.41) is 13.5. The molecule has 2 aliphatic heterocycles. The maximum atomic E-state index is 14.8. The van der Waals surface area contributed by atoms with Crippen molar-refractivity contribution in [3.63, 3.8) is 0 Å². The molecule has 0 unspecified atom stereocenters. The highest BCUT2D eigenvalue weighted by Crippen LogP contribution is 2.30. The molecule has 10 nitrogen and oxygen atoms in total. The number of ether oxygens (including phenoxy) is 1. The van der Waals surface area contributed by atoms with Crippen LogP contribution in [0, 0.1) is 5.82 Å². The number of aromatic nitrogens is 2. The number of nitrogens with one attached hydrogen (secondary N) is 1. The van der Waals surface area contributed by atoms with Gasteiger partial charge in [-0.25, -0.2) is 19.2 Å². The van der Waals surface area contributed by atoms with Gasteiger partial charge in [-0.3, -0.25) is 10.1 Å². The zero-order valence-electron chi connectivity index (χ0n) is 27.2. The maximum absolute atomic E-state index is 14.8. The Bertz CT molecular complexity index is 1980. The molecule has 2 aliphatic rings. The highest BCUT2D eigenvalue weighted by Gasteiger charge is 2.25. The van der Waals surface area contributed by atoms with Crippen LogP contribution in [0.4, 0.5) is 21.0 Å². The van der Waals surface area contributed by atoms with Crippen molar-refractivity contribution in [1.29, 1.82) is 0 Å². The normalized spacial score (nSPS) is 14.9. The lowest BCUT2D eigenvalue weighted by Gasteiger charge is -2.34. The number of carbonyl (C=O) groups is 2. The lowest BCUT2D eigenvalue weighted by Crippen LogP contribution is -2.44. The zero-order valence-corrected chi connectivity index (χ0v) is 28.0. The molecule has 5 aromatic rings. The zero-order chi connectivity index (χ0) is 33.9. The smallest absolute Gasteiger partial charge is 0.354 e. The molecule has 1 amide bonds. The molecule has 2 N–H and O–H groups in total. The van der Waals surface area contributed by atoms with Crippen molar-refractivity contribution in [3.05, 3.63) is 107 Å². The molecule has 252 valence electrons. The van der Waals surface area contributed by atoms with Crippen LogP contribution < -0.4 is 19.9 Å². The number of aromatic carboxylic acids is 1. The first kappa shape index (κ1) is 32.5. The van der Waals surface area contributed by atoms with Gasteiger partial charge >= 0.3 is 5.97 Å². The summed E-state index contributed by atoms with van der Waals surface area (Å²) in [5.74, 6) is -1.04. The van der Waals surface area contributed by atoms with E-state index in [1.165, 1.54) is 17.4 Å². The van der Waals surface area contributed by atoms with Gasteiger partial charge in [-0.05, 0) is 79.4 Å². The Morgan fingerprint density at radius 2 is 1.80 bits per heavy atom. The second-order valence-corrected chi connectivity index (χ2v) is 13.4. The summed E-state index contributed by atoms with van der Waals surface area (Å²) in [6.07, 6.45) is 1.59. The number of anilines is 3. The minimum absolute atomic E-state index is 0.0205. The Labute approximate surface area is 287 Å². The molecule has 1 saturated heterocycles. The number of pyridine rings is 1. The average molecular weight is 681 g/mol. The van der Waals surface area contributed by atoms with Gasteiger partial charge in [0.15, 0.2) is 22.4 Å². The Kier molecular flexibility index (Phi) is 9.41. The lowest BCUT2D eigenvalue weighted by molar-refractivity contribution is 0.0689. The molecule has 3 aromatic carbocycles. The van der Waals surface area contributed by atoms with Crippen molar-refractivity contribution >= 4 is 50.1 Å². The van der Waals surface area contributed by atoms with Crippen molar-refractivity contribution in [1.82, 2.24) is 14.9 Å². The number of piperazine rings is 1. The van der Waals surface area contributed by atoms with E-state index in [4.69, 9.17) is 4.74 Å². The molecule has 0 atom stereocenters. The number of thiazole rings is 1. The van der Waals surface area contributed by atoms with Gasteiger partial charge in [0.2, 0.25) is 0 Å². The number of para-hydroxylation sites is 1. The third-order valence-corrected chi connectivity index (χ3v) is 10.1. The van der Waals surface area contributed by atoms with Crippen LogP contribution in [0.15, 0.2) is 72.8 Å². The number of nitrogens with zero attached hydrogens (tertiary/aromatic N) is 5. The fraction of sp³-hybridized carbons (Fsp3) is 0.297. The van der Waals surface area contributed by atoms with Gasteiger partial charge in [-0.1, -0.05) is 41.7 Å². The third kappa shape index (κ3) is 7.20. The van der Waals surface area contributed by atoms with Crippen LogP contribution in [0.1, 0.15) is 44.0 Å². The van der Waals surface area contributed by atoms with E-state index in [1.807, 2.05) is 53.4 Å². The number of rotatable bonds is 10. The molecule has 2 aromatic heterocycles. The first-order chi connectivity index (χ1) is 23.8. The number of hydrogen-bond acceptors (Lipinski definition) is 9. The number of likely N-dealkylation sites (N-methyl/N-ethyl adjacent to an activating group) is 1. The Morgan fingerprint density at radius 3 is 2.59 bits per heavy atom. The monoisotopic (exact) mass is 680 g/mol. The van der Waals surface area contributed by atoms with Crippen LogP contribution >= 0.6 is 11.3 Å². The van der Waals surface area contributed by atoms with Crippen molar-refractivity contribution < 1.29 is 23.8 Å². The largest absolute Gasteiger partial charge is 0.491 e. The summed E-state index contributed by atoms with van der Waals surface area (Å²) in [7, 11) is 2.08. The first-order valence-corrected chi connectivity index (χ1v) is 17.3. The van der Waals surface area contributed by atoms with E-state index in [9.17, 15) is 19.1 Å². The van der Waals surface area contributed by atoms with Crippen molar-refractivity contribution in [2.75, 3.05) is 61.5 Å². The summed E-state index contributed by atoms with van der Waals surface area (Å²) >= 11 is 1.43. The molecule has 4 heterocycles. The second kappa shape index (κ2) is 14.2. The minimum atomic E-state index is -1.11. The molecule has 0 bridgehead atoms. The number of amides is 1. The summed E-state index contributed by atoms with van der Waals surface area (Å²) < 4.78 is 21.6. The molecule has 0 saturated carbocycles.